The Morgan fingerprint density at radius 3 is 2.70 bits per heavy atom. The van der Waals surface area contributed by atoms with Crippen LogP contribution in [0.3, 0.4) is 0 Å². The number of nitrogens with zero attached hydrogens (tertiary/aromatic N) is 5. The first-order chi connectivity index (χ1) is 9.52. The molecule has 0 bridgehead atoms. The van der Waals surface area contributed by atoms with E-state index in [-0.39, 0.29) is 6.04 Å². The van der Waals surface area contributed by atoms with Crippen LogP contribution in [0, 0.1) is 6.92 Å². The summed E-state index contributed by atoms with van der Waals surface area (Å²) in [4.78, 5) is 10.9. The molecule has 0 saturated carbocycles. The largest absolute Gasteiger partial charge is 0.362 e. The van der Waals surface area contributed by atoms with E-state index in [2.05, 4.69) is 27.3 Å². The fraction of sp³-hybridized carbons (Fsp3) is 0.500. The molecular formula is C14H22N6. The first-order valence-electron chi connectivity index (χ1n) is 6.78. The summed E-state index contributed by atoms with van der Waals surface area (Å²) in [6.07, 6.45) is 4.59. The molecule has 0 fully saturated rings. The first-order valence-corrected chi connectivity index (χ1v) is 6.78. The van der Waals surface area contributed by atoms with Crippen LogP contribution in [0.4, 0.5) is 11.8 Å². The van der Waals surface area contributed by atoms with Gasteiger partial charge in [-0.15, -0.1) is 0 Å². The molecule has 108 valence electrons. The van der Waals surface area contributed by atoms with Crippen LogP contribution in [0.1, 0.15) is 30.6 Å². The van der Waals surface area contributed by atoms with Gasteiger partial charge in [-0.2, -0.15) is 10.1 Å². The molecule has 6 nitrogen and oxygen atoms in total. The van der Waals surface area contributed by atoms with E-state index in [9.17, 15) is 0 Å². The van der Waals surface area contributed by atoms with Crippen molar-refractivity contribution in [3.8, 4) is 0 Å². The molecular weight excluding hydrogens is 252 g/mol. The molecule has 2 aromatic rings. The van der Waals surface area contributed by atoms with Crippen LogP contribution in [0.25, 0.3) is 0 Å². The van der Waals surface area contributed by atoms with E-state index < -0.39 is 0 Å². The zero-order valence-corrected chi connectivity index (χ0v) is 12.8. The highest BCUT2D eigenvalue weighted by Crippen LogP contribution is 2.22. The van der Waals surface area contributed by atoms with Crippen LogP contribution in [0.2, 0.25) is 0 Å². The molecule has 0 saturated heterocycles. The highest BCUT2D eigenvalue weighted by atomic mass is 15.3. The van der Waals surface area contributed by atoms with Crippen LogP contribution in [0.5, 0.6) is 0 Å². The lowest BCUT2D eigenvalue weighted by atomic mass is 10.1. The fourth-order valence-corrected chi connectivity index (χ4v) is 2.22. The van der Waals surface area contributed by atoms with Crippen molar-refractivity contribution in [2.24, 2.45) is 7.05 Å². The zero-order valence-electron chi connectivity index (χ0n) is 12.8. The van der Waals surface area contributed by atoms with Gasteiger partial charge in [0.15, 0.2) is 0 Å². The highest BCUT2D eigenvalue weighted by molar-refractivity contribution is 5.48. The van der Waals surface area contributed by atoms with Gasteiger partial charge in [-0.3, -0.25) is 4.68 Å². The molecule has 6 heteroatoms. The third-order valence-corrected chi connectivity index (χ3v) is 3.30. The zero-order chi connectivity index (χ0) is 14.7. The van der Waals surface area contributed by atoms with Gasteiger partial charge >= 0.3 is 0 Å². The summed E-state index contributed by atoms with van der Waals surface area (Å²) in [5, 5.41) is 7.60. The van der Waals surface area contributed by atoms with Crippen LogP contribution in [-0.2, 0) is 7.05 Å². The number of hydrogen-bond acceptors (Lipinski definition) is 5. The molecule has 2 aromatic heterocycles. The number of aryl methyl sites for hydroxylation is 2. The van der Waals surface area contributed by atoms with E-state index in [1.54, 1.807) is 6.20 Å². The molecule has 0 spiro atoms. The molecule has 0 aromatic carbocycles. The summed E-state index contributed by atoms with van der Waals surface area (Å²) in [5.74, 6) is 1.58. The van der Waals surface area contributed by atoms with Gasteiger partial charge in [0.05, 0.1) is 11.7 Å². The van der Waals surface area contributed by atoms with Gasteiger partial charge in [-0.05, 0) is 19.4 Å². The monoisotopic (exact) mass is 274 g/mol. The smallest absolute Gasteiger partial charge is 0.225 e. The Kier molecular flexibility index (Phi) is 4.22. The molecule has 0 amide bonds. The third kappa shape index (κ3) is 2.89. The number of hydrogen-bond donors (Lipinski definition) is 1. The van der Waals surface area contributed by atoms with Crippen molar-refractivity contribution >= 4 is 11.8 Å². The SMILES string of the molecule is CCC(Nc1ncc(C)c(N(C)C)n1)c1ccnn1C. The lowest BCUT2D eigenvalue weighted by Gasteiger charge is -2.19. The Balaban J connectivity index is 2.24. The van der Waals surface area contributed by atoms with Gasteiger partial charge in [-0.1, -0.05) is 6.92 Å². The minimum absolute atomic E-state index is 0.153. The van der Waals surface area contributed by atoms with Crippen LogP contribution < -0.4 is 10.2 Å². The maximum Gasteiger partial charge on any atom is 0.225 e. The molecule has 1 unspecified atom stereocenters. The number of anilines is 2. The van der Waals surface area contributed by atoms with Gasteiger partial charge in [0, 0.05) is 39.1 Å². The molecule has 2 rings (SSSR count). The molecule has 0 aliphatic heterocycles. The minimum Gasteiger partial charge on any atom is -0.362 e. The number of rotatable bonds is 5. The van der Waals surface area contributed by atoms with Gasteiger partial charge in [0.25, 0.3) is 0 Å². The summed E-state index contributed by atoms with van der Waals surface area (Å²) in [5.41, 5.74) is 2.19. The van der Waals surface area contributed by atoms with Crippen molar-refractivity contribution in [2.45, 2.75) is 26.3 Å². The fourth-order valence-electron chi connectivity index (χ4n) is 2.22. The van der Waals surface area contributed by atoms with Crippen molar-refractivity contribution in [1.82, 2.24) is 19.7 Å². The molecule has 1 atom stereocenters. The van der Waals surface area contributed by atoms with Crippen LogP contribution >= 0.6 is 0 Å². The Labute approximate surface area is 119 Å². The second-order valence-electron chi connectivity index (χ2n) is 5.08. The van der Waals surface area contributed by atoms with Crippen molar-refractivity contribution < 1.29 is 0 Å². The Morgan fingerprint density at radius 1 is 1.40 bits per heavy atom. The van der Waals surface area contributed by atoms with E-state index in [1.807, 2.05) is 49.9 Å². The van der Waals surface area contributed by atoms with E-state index in [1.165, 1.54) is 0 Å². The highest BCUT2D eigenvalue weighted by Gasteiger charge is 2.15. The molecule has 20 heavy (non-hydrogen) atoms. The summed E-state index contributed by atoms with van der Waals surface area (Å²) in [6.45, 7) is 4.14. The summed E-state index contributed by atoms with van der Waals surface area (Å²) >= 11 is 0. The third-order valence-electron chi connectivity index (χ3n) is 3.30. The number of aromatic nitrogens is 4. The van der Waals surface area contributed by atoms with E-state index in [0.717, 1.165) is 23.5 Å². The second-order valence-corrected chi connectivity index (χ2v) is 5.08. The second kappa shape index (κ2) is 5.90. The lowest BCUT2D eigenvalue weighted by molar-refractivity contribution is 0.629. The van der Waals surface area contributed by atoms with Crippen molar-refractivity contribution in [3.05, 3.63) is 29.7 Å². The van der Waals surface area contributed by atoms with E-state index >= 15 is 0 Å². The van der Waals surface area contributed by atoms with Crippen molar-refractivity contribution in [3.63, 3.8) is 0 Å². The molecule has 2 heterocycles. The summed E-state index contributed by atoms with van der Waals surface area (Å²) in [7, 11) is 5.91. The predicted octanol–water partition coefficient (Wildman–Crippen LogP) is 2.15. The van der Waals surface area contributed by atoms with Gasteiger partial charge in [0.1, 0.15) is 5.82 Å². The molecule has 0 aliphatic rings. The Bertz CT molecular complexity index is 575. The summed E-state index contributed by atoms with van der Waals surface area (Å²) in [6, 6.07) is 2.17. The average molecular weight is 274 g/mol. The molecule has 0 aliphatic carbocycles. The normalized spacial score (nSPS) is 12.2. The summed E-state index contributed by atoms with van der Waals surface area (Å²) < 4.78 is 1.88. The maximum atomic E-state index is 4.57. The van der Waals surface area contributed by atoms with Gasteiger partial charge in [-0.25, -0.2) is 4.98 Å². The van der Waals surface area contributed by atoms with Gasteiger partial charge in [0.2, 0.25) is 5.95 Å². The topological polar surface area (TPSA) is 58.9 Å². The average Bonchev–Trinajstić information content (AvgIpc) is 2.83. The minimum atomic E-state index is 0.153. The van der Waals surface area contributed by atoms with E-state index in [4.69, 9.17) is 0 Å². The Hall–Kier alpha value is -2.11. The maximum absolute atomic E-state index is 4.57. The predicted molar refractivity (Wildman–Crippen MR) is 81.0 cm³/mol. The van der Waals surface area contributed by atoms with Crippen LogP contribution in [-0.4, -0.2) is 33.8 Å². The van der Waals surface area contributed by atoms with Crippen LogP contribution in [0.15, 0.2) is 18.5 Å². The van der Waals surface area contributed by atoms with Gasteiger partial charge < -0.3 is 10.2 Å². The molecule has 0 radical (unpaired) electrons. The quantitative estimate of drug-likeness (QED) is 0.905. The number of nitrogens with one attached hydrogen (secondary N) is 1. The van der Waals surface area contributed by atoms with E-state index in [0.29, 0.717) is 5.95 Å². The standard InChI is InChI=1S/C14H22N6/c1-6-11(12-7-8-16-20(12)5)17-14-15-9-10(2)13(18-14)19(3)4/h7-9,11H,6H2,1-5H3,(H,15,17,18). The first kappa shape index (κ1) is 14.3. The lowest BCUT2D eigenvalue weighted by Crippen LogP contribution is -2.18. The van der Waals surface area contributed by atoms with Crippen molar-refractivity contribution in [1.29, 1.82) is 0 Å². The Morgan fingerprint density at radius 2 is 2.15 bits per heavy atom. The molecule has 1 N–H and O–H groups in total. The van der Waals surface area contributed by atoms with Crippen molar-refractivity contribution in [2.75, 3.05) is 24.3 Å².